The SMILES string of the molecule is CC=Cc1c(C)cc(C)cc1Oc1ccc(C)cc1. The fraction of sp³-hybridized carbons (Fsp3) is 0.222. The summed E-state index contributed by atoms with van der Waals surface area (Å²) in [6.07, 6.45) is 4.14. The van der Waals surface area contributed by atoms with Crippen LogP contribution in [0.2, 0.25) is 0 Å². The summed E-state index contributed by atoms with van der Waals surface area (Å²) in [4.78, 5) is 0. The zero-order valence-electron chi connectivity index (χ0n) is 12.0. The summed E-state index contributed by atoms with van der Waals surface area (Å²) in [6.45, 7) is 8.31. The van der Waals surface area contributed by atoms with E-state index in [1.807, 2.05) is 25.1 Å². The minimum Gasteiger partial charge on any atom is -0.457 e. The van der Waals surface area contributed by atoms with Crippen molar-refractivity contribution >= 4 is 6.08 Å². The van der Waals surface area contributed by atoms with Gasteiger partial charge >= 0.3 is 0 Å². The number of hydrogen-bond acceptors (Lipinski definition) is 1. The summed E-state index contributed by atoms with van der Waals surface area (Å²) in [5.41, 5.74) is 4.84. The molecule has 0 amide bonds. The van der Waals surface area contributed by atoms with Gasteiger partial charge in [0.1, 0.15) is 11.5 Å². The molecule has 19 heavy (non-hydrogen) atoms. The molecule has 2 aromatic rings. The molecular formula is C18H20O. The van der Waals surface area contributed by atoms with Crippen LogP contribution < -0.4 is 4.74 Å². The van der Waals surface area contributed by atoms with Crippen molar-refractivity contribution in [3.8, 4) is 11.5 Å². The lowest BCUT2D eigenvalue weighted by atomic mass is 10.0. The molecule has 1 nitrogen and oxygen atoms in total. The first-order valence-electron chi connectivity index (χ1n) is 6.58. The Bertz CT molecular complexity index is 592. The normalized spacial score (nSPS) is 10.9. The van der Waals surface area contributed by atoms with Crippen LogP contribution in [0.5, 0.6) is 11.5 Å². The molecule has 0 saturated carbocycles. The third-order valence-electron chi connectivity index (χ3n) is 3.08. The van der Waals surface area contributed by atoms with Gasteiger partial charge in [-0.1, -0.05) is 35.9 Å². The molecule has 0 aliphatic heterocycles. The first-order chi connectivity index (χ1) is 9.10. The average Bonchev–Trinajstić information content (AvgIpc) is 2.36. The van der Waals surface area contributed by atoms with Crippen LogP contribution in [0.4, 0.5) is 0 Å². The number of aryl methyl sites for hydroxylation is 3. The van der Waals surface area contributed by atoms with Gasteiger partial charge in [0.2, 0.25) is 0 Å². The highest BCUT2D eigenvalue weighted by atomic mass is 16.5. The molecule has 0 saturated heterocycles. The Balaban J connectivity index is 2.40. The zero-order chi connectivity index (χ0) is 13.8. The average molecular weight is 252 g/mol. The van der Waals surface area contributed by atoms with Gasteiger partial charge in [-0.05, 0) is 57.0 Å². The summed E-state index contributed by atoms with van der Waals surface area (Å²) in [5.74, 6) is 1.79. The Morgan fingerprint density at radius 2 is 1.58 bits per heavy atom. The number of ether oxygens (including phenoxy) is 1. The van der Waals surface area contributed by atoms with E-state index in [-0.39, 0.29) is 0 Å². The van der Waals surface area contributed by atoms with Gasteiger partial charge in [-0.15, -0.1) is 0 Å². The molecule has 0 bridgehead atoms. The Kier molecular flexibility index (Phi) is 4.06. The van der Waals surface area contributed by atoms with Crippen LogP contribution in [0.1, 0.15) is 29.2 Å². The summed E-state index contributed by atoms with van der Waals surface area (Å²) in [6, 6.07) is 12.4. The van der Waals surface area contributed by atoms with Gasteiger partial charge in [0.05, 0.1) is 0 Å². The fourth-order valence-corrected chi connectivity index (χ4v) is 2.14. The summed E-state index contributed by atoms with van der Waals surface area (Å²) < 4.78 is 6.03. The van der Waals surface area contributed by atoms with Gasteiger partial charge in [0, 0.05) is 5.56 Å². The quantitative estimate of drug-likeness (QED) is 0.707. The van der Waals surface area contributed by atoms with Crippen LogP contribution in [0.25, 0.3) is 6.08 Å². The maximum atomic E-state index is 6.03. The molecule has 2 aromatic carbocycles. The third kappa shape index (κ3) is 3.25. The number of benzene rings is 2. The van der Waals surface area contributed by atoms with E-state index >= 15 is 0 Å². The van der Waals surface area contributed by atoms with E-state index in [1.165, 1.54) is 16.7 Å². The number of allylic oxidation sites excluding steroid dienone is 1. The monoisotopic (exact) mass is 252 g/mol. The van der Waals surface area contributed by atoms with E-state index in [0.717, 1.165) is 17.1 Å². The summed E-state index contributed by atoms with van der Waals surface area (Å²) >= 11 is 0. The van der Waals surface area contributed by atoms with Crippen molar-refractivity contribution in [3.05, 3.63) is 64.7 Å². The van der Waals surface area contributed by atoms with Gasteiger partial charge in [0.15, 0.2) is 0 Å². The van der Waals surface area contributed by atoms with Crippen LogP contribution in [-0.4, -0.2) is 0 Å². The van der Waals surface area contributed by atoms with Crippen molar-refractivity contribution in [1.29, 1.82) is 0 Å². The molecule has 2 rings (SSSR count). The zero-order valence-corrected chi connectivity index (χ0v) is 12.0. The predicted molar refractivity (Wildman–Crippen MR) is 81.9 cm³/mol. The largest absolute Gasteiger partial charge is 0.457 e. The van der Waals surface area contributed by atoms with Crippen molar-refractivity contribution in [2.24, 2.45) is 0 Å². The highest BCUT2D eigenvalue weighted by molar-refractivity contribution is 5.62. The first kappa shape index (κ1) is 13.4. The van der Waals surface area contributed by atoms with Gasteiger partial charge in [0.25, 0.3) is 0 Å². The van der Waals surface area contributed by atoms with Crippen molar-refractivity contribution in [3.63, 3.8) is 0 Å². The number of rotatable bonds is 3. The lowest BCUT2D eigenvalue weighted by Crippen LogP contribution is -1.92. The Morgan fingerprint density at radius 3 is 2.21 bits per heavy atom. The lowest BCUT2D eigenvalue weighted by molar-refractivity contribution is 0.480. The van der Waals surface area contributed by atoms with Crippen LogP contribution in [0.3, 0.4) is 0 Å². The van der Waals surface area contributed by atoms with Crippen molar-refractivity contribution < 1.29 is 4.74 Å². The molecule has 0 aliphatic carbocycles. The molecule has 0 heterocycles. The Morgan fingerprint density at radius 1 is 0.895 bits per heavy atom. The maximum absolute atomic E-state index is 6.03. The van der Waals surface area contributed by atoms with E-state index in [4.69, 9.17) is 4.74 Å². The molecule has 0 N–H and O–H groups in total. The van der Waals surface area contributed by atoms with Gasteiger partial charge < -0.3 is 4.74 Å². The predicted octanol–water partition coefficient (Wildman–Crippen LogP) is 5.44. The Labute approximate surface area is 115 Å². The van der Waals surface area contributed by atoms with E-state index in [0.29, 0.717) is 0 Å². The molecule has 1 heteroatoms. The lowest BCUT2D eigenvalue weighted by Gasteiger charge is -2.12. The molecule has 0 atom stereocenters. The molecule has 98 valence electrons. The van der Waals surface area contributed by atoms with Crippen LogP contribution in [0.15, 0.2) is 42.5 Å². The molecule has 0 fully saturated rings. The van der Waals surface area contributed by atoms with Crippen LogP contribution in [0, 0.1) is 20.8 Å². The van der Waals surface area contributed by atoms with E-state index in [9.17, 15) is 0 Å². The molecule has 0 spiro atoms. The van der Waals surface area contributed by atoms with Crippen molar-refractivity contribution in [2.75, 3.05) is 0 Å². The minimum absolute atomic E-state index is 0.876. The molecule has 0 aromatic heterocycles. The van der Waals surface area contributed by atoms with E-state index < -0.39 is 0 Å². The second kappa shape index (κ2) is 5.75. The van der Waals surface area contributed by atoms with E-state index in [2.05, 4.69) is 51.1 Å². The van der Waals surface area contributed by atoms with Crippen molar-refractivity contribution in [2.45, 2.75) is 27.7 Å². The second-order valence-electron chi connectivity index (χ2n) is 4.91. The molecular weight excluding hydrogens is 232 g/mol. The highest BCUT2D eigenvalue weighted by Gasteiger charge is 2.07. The summed E-state index contributed by atoms with van der Waals surface area (Å²) in [5, 5.41) is 0. The van der Waals surface area contributed by atoms with Gasteiger partial charge in [-0.2, -0.15) is 0 Å². The fourth-order valence-electron chi connectivity index (χ4n) is 2.14. The van der Waals surface area contributed by atoms with Gasteiger partial charge in [-0.25, -0.2) is 0 Å². The van der Waals surface area contributed by atoms with Gasteiger partial charge in [-0.3, -0.25) is 0 Å². The van der Waals surface area contributed by atoms with E-state index in [1.54, 1.807) is 0 Å². The Hall–Kier alpha value is -2.02. The second-order valence-corrected chi connectivity index (χ2v) is 4.91. The molecule has 0 aliphatic rings. The third-order valence-corrected chi connectivity index (χ3v) is 3.08. The van der Waals surface area contributed by atoms with Crippen molar-refractivity contribution in [1.82, 2.24) is 0 Å². The van der Waals surface area contributed by atoms with Crippen LogP contribution >= 0.6 is 0 Å². The standard InChI is InChI=1S/C18H20O/c1-5-6-17-15(4)11-14(3)12-18(17)19-16-9-7-13(2)8-10-16/h5-12H,1-4H3. The minimum atomic E-state index is 0.876. The molecule has 0 unspecified atom stereocenters. The number of hydrogen-bond donors (Lipinski definition) is 0. The topological polar surface area (TPSA) is 9.23 Å². The molecule has 0 radical (unpaired) electrons. The van der Waals surface area contributed by atoms with Crippen LogP contribution in [-0.2, 0) is 0 Å². The first-order valence-corrected chi connectivity index (χ1v) is 6.58. The summed E-state index contributed by atoms with van der Waals surface area (Å²) in [7, 11) is 0. The highest BCUT2D eigenvalue weighted by Crippen LogP contribution is 2.30. The smallest absolute Gasteiger partial charge is 0.135 e. The maximum Gasteiger partial charge on any atom is 0.135 e.